The van der Waals surface area contributed by atoms with Crippen molar-refractivity contribution in [3.8, 4) is 0 Å². The van der Waals surface area contributed by atoms with Gasteiger partial charge in [0, 0.05) is 47.8 Å². The maximum absolute atomic E-state index is 13.4. The van der Waals surface area contributed by atoms with Gasteiger partial charge in [-0.1, -0.05) is 12.1 Å². The Morgan fingerprint density at radius 1 is 1.32 bits per heavy atom. The molecule has 2 unspecified atom stereocenters. The van der Waals surface area contributed by atoms with Crippen molar-refractivity contribution in [1.29, 1.82) is 0 Å². The van der Waals surface area contributed by atoms with E-state index in [0.717, 1.165) is 35.9 Å². The number of hydrogen-bond acceptors (Lipinski definition) is 4. The Morgan fingerprint density at radius 2 is 2.16 bits per heavy atom. The van der Waals surface area contributed by atoms with Crippen LogP contribution < -0.4 is 5.73 Å². The second kappa shape index (κ2) is 5.02. The van der Waals surface area contributed by atoms with E-state index in [4.69, 9.17) is 5.73 Å². The van der Waals surface area contributed by atoms with Gasteiger partial charge in [0.15, 0.2) is 5.78 Å². The lowest BCUT2D eigenvalue weighted by atomic mass is 9.58. The molecule has 0 saturated carbocycles. The maximum atomic E-state index is 13.4. The van der Waals surface area contributed by atoms with Crippen molar-refractivity contribution in [2.75, 3.05) is 20.1 Å². The lowest BCUT2D eigenvalue weighted by molar-refractivity contribution is -0.128. The molecule has 1 fully saturated rings. The number of Topliss-reactive ketones (excluding diaryl/α,β-unsaturated/α-hetero) is 2. The fourth-order valence-electron chi connectivity index (χ4n) is 5.81. The predicted molar refractivity (Wildman–Crippen MR) is 96.0 cm³/mol. The van der Waals surface area contributed by atoms with Gasteiger partial charge < -0.3 is 15.6 Å². The summed E-state index contributed by atoms with van der Waals surface area (Å²) >= 11 is 0. The molecule has 2 heterocycles. The first kappa shape index (κ1) is 15.3. The molecule has 0 spiro atoms. The first-order chi connectivity index (χ1) is 12.1. The number of fused-ring (bicyclic) bond motifs is 3. The van der Waals surface area contributed by atoms with Crippen molar-refractivity contribution in [2.24, 2.45) is 5.73 Å². The van der Waals surface area contributed by atoms with Crippen LogP contribution in [0.25, 0.3) is 10.9 Å². The fourth-order valence-corrected chi connectivity index (χ4v) is 5.81. The highest BCUT2D eigenvalue weighted by atomic mass is 16.1. The van der Waals surface area contributed by atoms with E-state index in [0.29, 0.717) is 18.0 Å². The highest BCUT2D eigenvalue weighted by Crippen LogP contribution is 2.54. The molecular weight excluding hydrogens is 314 g/mol. The number of nitrogens with one attached hydrogen (secondary N) is 1. The zero-order valence-corrected chi connectivity index (χ0v) is 14.5. The molecule has 1 aliphatic heterocycles. The molecule has 25 heavy (non-hydrogen) atoms. The zero-order valence-electron chi connectivity index (χ0n) is 14.5. The van der Waals surface area contributed by atoms with Crippen molar-refractivity contribution >= 4 is 22.5 Å². The first-order valence-corrected chi connectivity index (χ1v) is 9.21. The Hall–Kier alpha value is -1.98. The molecule has 1 aromatic carbocycles. The zero-order chi connectivity index (χ0) is 17.3. The number of H-pyrrole nitrogens is 1. The Labute approximate surface area is 146 Å². The smallest absolute Gasteiger partial charge is 0.179 e. The molecule has 2 aliphatic carbocycles. The summed E-state index contributed by atoms with van der Waals surface area (Å²) in [6, 6.07) is 6.28. The minimum atomic E-state index is -0.770. The highest BCUT2D eigenvalue weighted by molar-refractivity contribution is 6.12. The Morgan fingerprint density at radius 3 is 2.96 bits per heavy atom. The highest BCUT2D eigenvalue weighted by Gasteiger charge is 2.58. The molecule has 0 radical (unpaired) electrons. The molecule has 5 heteroatoms. The number of likely N-dealkylation sites (N-methyl/N-ethyl adjacent to an activating group) is 1. The van der Waals surface area contributed by atoms with Gasteiger partial charge in [-0.05, 0) is 38.1 Å². The van der Waals surface area contributed by atoms with E-state index in [1.807, 2.05) is 6.07 Å². The van der Waals surface area contributed by atoms with Crippen molar-refractivity contribution in [3.05, 3.63) is 35.0 Å². The molecular formula is C20H23N3O2. The summed E-state index contributed by atoms with van der Waals surface area (Å²) in [4.78, 5) is 31.8. The van der Waals surface area contributed by atoms with Gasteiger partial charge >= 0.3 is 0 Å². The number of carbonyl (C=O) groups excluding carboxylic acids is 2. The van der Waals surface area contributed by atoms with Crippen LogP contribution in [0.2, 0.25) is 0 Å². The lowest BCUT2D eigenvalue weighted by Gasteiger charge is -2.52. The molecule has 0 amide bonds. The van der Waals surface area contributed by atoms with Gasteiger partial charge in [0.05, 0.1) is 11.1 Å². The number of piperidine rings is 1. The van der Waals surface area contributed by atoms with E-state index in [1.165, 1.54) is 5.56 Å². The third kappa shape index (κ3) is 1.70. The Bertz CT molecular complexity index is 915. The molecule has 3 atom stereocenters. The average molecular weight is 337 g/mol. The van der Waals surface area contributed by atoms with Crippen LogP contribution in [0.15, 0.2) is 18.2 Å². The van der Waals surface area contributed by atoms with E-state index in [1.54, 1.807) is 0 Å². The summed E-state index contributed by atoms with van der Waals surface area (Å²) < 4.78 is 0. The minimum absolute atomic E-state index is 0.0392. The quantitative estimate of drug-likeness (QED) is 0.835. The van der Waals surface area contributed by atoms with Crippen LogP contribution in [0.4, 0.5) is 0 Å². The second-order valence-electron chi connectivity index (χ2n) is 7.84. The topological polar surface area (TPSA) is 79.2 Å². The normalized spacial score (nSPS) is 31.9. The number of hydrogen-bond donors (Lipinski definition) is 2. The van der Waals surface area contributed by atoms with Crippen molar-refractivity contribution < 1.29 is 9.59 Å². The molecule has 1 aromatic heterocycles. The van der Waals surface area contributed by atoms with Gasteiger partial charge in [-0.3, -0.25) is 9.59 Å². The van der Waals surface area contributed by atoms with Gasteiger partial charge in [0.2, 0.25) is 0 Å². The van der Waals surface area contributed by atoms with Crippen LogP contribution in [0.1, 0.15) is 53.2 Å². The van der Waals surface area contributed by atoms with Crippen molar-refractivity contribution in [3.63, 3.8) is 0 Å². The monoisotopic (exact) mass is 337 g/mol. The van der Waals surface area contributed by atoms with Crippen LogP contribution in [-0.2, 0) is 10.2 Å². The molecule has 1 saturated heterocycles. The standard InChI is InChI=1S/C20H23N3O2/c1-23-9-3-5-12-11-4-2-6-13-16(11)17-18(22-13)14(24)7-8-15(25)20(17,10-21)19(12)23/h2,4,6,12,19,22H,3,5,7-10,21H2,1H3/t12?,19-,20?/m0/s1. The van der Waals surface area contributed by atoms with Crippen molar-refractivity contribution in [2.45, 2.75) is 43.1 Å². The number of aromatic amines is 1. The van der Waals surface area contributed by atoms with E-state index in [2.05, 4.69) is 29.1 Å². The molecule has 5 rings (SSSR count). The fraction of sp³-hybridized carbons (Fsp3) is 0.500. The number of rotatable bonds is 1. The Kier molecular flexibility index (Phi) is 3.07. The molecule has 0 bridgehead atoms. The molecule has 3 N–H and O–H groups in total. The summed E-state index contributed by atoms with van der Waals surface area (Å²) in [6.45, 7) is 1.23. The van der Waals surface area contributed by atoms with Gasteiger partial charge in [0.1, 0.15) is 5.78 Å². The van der Waals surface area contributed by atoms with Crippen LogP contribution in [0.5, 0.6) is 0 Å². The maximum Gasteiger partial charge on any atom is 0.179 e. The predicted octanol–water partition coefficient (Wildman–Crippen LogP) is 2.10. The average Bonchev–Trinajstić information content (AvgIpc) is 2.98. The van der Waals surface area contributed by atoms with E-state index >= 15 is 0 Å². The summed E-state index contributed by atoms with van der Waals surface area (Å²) in [5.74, 6) is 0.471. The number of likely N-dealkylation sites (tertiary alicyclic amines) is 1. The van der Waals surface area contributed by atoms with Gasteiger partial charge in [0.25, 0.3) is 0 Å². The third-order valence-electron chi connectivity index (χ3n) is 6.77. The largest absolute Gasteiger partial charge is 0.352 e. The van der Waals surface area contributed by atoms with E-state index in [-0.39, 0.29) is 30.6 Å². The number of carbonyl (C=O) groups is 2. The lowest BCUT2D eigenvalue weighted by Crippen LogP contribution is -2.63. The number of aromatic nitrogens is 1. The number of nitrogens with zero attached hydrogens (tertiary/aromatic N) is 1. The summed E-state index contributed by atoms with van der Waals surface area (Å²) in [5.41, 5.74) is 9.33. The third-order valence-corrected chi connectivity index (χ3v) is 6.77. The second-order valence-corrected chi connectivity index (χ2v) is 7.84. The Balaban J connectivity index is 1.96. The summed E-state index contributed by atoms with van der Waals surface area (Å²) in [5, 5.41) is 1.09. The van der Waals surface area contributed by atoms with Crippen molar-refractivity contribution in [1.82, 2.24) is 9.88 Å². The molecule has 3 aliphatic rings. The minimum Gasteiger partial charge on any atom is -0.352 e. The molecule has 2 aromatic rings. The number of benzene rings is 1. The van der Waals surface area contributed by atoms with Crippen LogP contribution in [0.3, 0.4) is 0 Å². The van der Waals surface area contributed by atoms with E-state index < -0.39 is 5.41 Å². The first-order valence-electron chi connectivity index (χ1n) is 9.21. The van der Waals surface area contributed by atoms with Crippen LogP contribution >= 0.6 is 0 Å². The SMILES string of the molecule is CN1CCCC2c3cccc4[nH]c5c(c34)C(CN)(C(=O)CCC5=O)[C@H]21. The van der Waals surface area contributed by atoms with E-state index in [9.17, 15) is 9.59 Å². The molecule has 5 nitrogen and oxygen atoms in total. The molecule has 130 valence electrons. The van der Waals surface area contributed by atoms with Gasteiger partial charge in [-0.25, -0.2) is 0 Å². The van der Waals surface area contributed by atoms with Crippen LogP contribution in [0, 0.1) is 0 Å². The number of ketones is 2. The summed E-state index contributed by atoms with van der Waals surface area (Å²) in [6.07, 6.45) is 2.75. The number of nitrogens with two attached hydrogens (primary N) is 1. The summed E-state index contributed by atoms with van der Waals surface area (Å²) in [7, 11) is 2.10. The van der Waals surface area contributed by atoms with Gasteiger partial charge in [-0.15, -0.1) is 0 Å². The van der Waals surface area contributed by atoms with Crippen LogP contribution in [-0.4, -0.2) is 47.6 Å². The van der Waals surface area contributed by atoms with Gasteiger partial charge in [-0.2, -0.15) is 0 Å².